The Balaban J connectivity index is 2.21. The summed E-state index contributed by atoms with van der Waals surface area (Å²) in [6, 6.07) is 11.2. The fraction of sp³-hybridized carbons (Fsp3) is 0.200. The summed E-state index contributed by atoms with van der Waals surface area (Å²) in [6.07, 6.45) is 0. The first-order chi connectivity index (χ1) is 9.38. The first kappa shape index (κ1) is 14.5. The predicted molar refractivity (Wildman–Crippen MR) is 75.4 cm³/mol. The number of hydrogen-bond donors (Lipinski definition) is 0. The minimum atomic E-state index is -5.06. The Kier molecular flexibility index (Phi) is 4.07. The number of benzene rings is 2. The zero-order valence-corrected chi connectivity index (χ0v) is 11.4. The SMILES string of the molecule is Cc1ccc(C)c(COc2ccccc2[B-](F)(F)F)c1. The van der Waals surface area contributed by atoms with Crippen LogP contribution in [0.2, 0.25) is 0 Å². The van der Waals surface area contributed by atoms with E-state index in [1.165, 1.54) is 12.1 Å². The first-order valence-corrected chi connectivity index (χ1v) is 6.36. The third-order valence-corrected chi connectivity index (χ3v) is 3.16. The average molecular weight is 279 g/mol. The molecule has 1 nitrogen and oxygen atoms in total. The van der Waals surface area contributed by atoms with Crippen LogP contribution in [0.5, 0.6) is 5.75 Å². The summed E-state index contributed by atoms with van der Waals surface area (Å²) < 4.78 is 44.1. The van der Waals surface area contributed by atoms with Gasteiger partial charge in [0.25, 0.3) is 0 Å². The van der Waals surface area contributed by atoms with E-state index in [4.69, 9.17) is 4.74 Å². The number of ether oxygens (including phenoxy) is 1. The van der Waals surface area contributed by atoms with Crippen molar-refractivity contribution in [1.82, 2.24) is 0 Å². The lowest BCUT2D eigenvalue weighted by atomic mass is 9.79. The molecule has 0 unspecified atom stereocenters. The molecular weight excluding hydrogens is 264 g/mol. The minimum Gasteiger partial charge on any atom is -0.492 e. The lowest BCUT2D eigenvalue weighted by Gasteiger charge is -2.20. The molecule has 0 atom stereocenters. The number of hydrogen-bond acceptors (Lipinski definition) is 1. The maximum absolute atomic E-state index is 12.9. The standard InChI is InChI=1S/C15H15BF3O/c1-11-7-8-12(2)13(9-11)10-20-15-6-4-3-5-14(15)16(17,18)19/h3-9H,10H2,1-2H3/q-1. The van der Waals surface area contributed by atoms with Gasteiger partial charge in [0.05, 0.1) is 5.75 Å². The van der Waals surface area contributed by atoms with Crippen LogP contribution < -0.4 is 10.2 Å². The largest absolute Gasteiger partial charge is 0.513 e. The van der Waals surface area contributed by atoms with Crippen LogP contribution in [0.15, 0.2) is 42.5 Å². The van der Waals surface area contributed by atoms with Gasteiger partial charge in [-0.15, -0.1) is 0 Å². The molecule has 0 amide bonds. The maximum Gasteiger partial charge on any atom is 0.513 e. The highest BCUT2D eigenvalue weighted by molar-refractivity contribution is 6.74. The monoisotopic (exact) mass is 279 g/mol. The van der Waals surface area contributed by atoms with Crippen molar-refractivity contribution in [2.45, 2.75) is 20.5 Å². The third-order valence-electron chi connectivity index (χ3n) is 3.16. The Hall–Kier alpha value is -1.91. The second kappa shape index (κ2) is 5.61. The zero-order valence-electron chi connectivity index (χ0n) is 11.4. The van der Waals surface area contributed by atoms with Crippen LogP contribution in [0, 0.1) is 13.8 Å². The molecule has 2 aromatic rings. The summed E-state index contributed by atoms with van der Waals surface area (Å²) >= 11 is 0. The van der Waals surface area contributed by atoms with Gasteiger partial charge in [-0.1, -0.05) is 47.4 Å². The highest BCUT2D eigenvalue weighted by Gasteiger charge is 2.28. The summed E-state index contributed by atoms with van der Waals surface area (Å²) in [5.41, 5.74) is 2.28. The van der Waals surface area contributed by atoms with Crippen molar-refractivity contribution < 1.29 is 17.7 Å². The molecule has 0 aromatic heterocycles. The van der Waals surface area contributed by atoms with Crippen molar-refractivity contribution in [3.8, 4) is 5.75 Å². The maximum atomic E-state index is 12.9. The van der Waals surface area contributed by atoms with Gasteiger partial charge in [-0.2, -0.15) is 0 Å². The van der Waals surface area contributed by atoms with Gasteiger partial charge in [-0.3, -0.25) is 0 Å². The molecule has 5 heteroatoms. The molecule has 20 heavy (non-hydrogen) atoms. The lowest BCUT2D eigenvalue weighted by Crippen LogP contribution is -2.35. The summed E-state index contributed by atoms with van der Waals surface area (Å²) in [7, 11) is 0. The Morgan fingerprint density at radius 1 is 1.00 bits per heavy atom. The van der Waals surface area contributed by atoms with Gasteiger partial charge in [0, 0.05) is 0 Å². The molecule has 0 spiro atoms. The molecule has 0 heterocycles. The van der Waals surface area contributed by atoms with Gasteiger partial charge in [0.1, 0.15) is 6.61 Å². The van der Waals surface area contributed by atoms with E-state index in [9.17, 15) is 12.9 Å². The fourth-order valence-electron chi connectivity index (χ4n) is 1.99. The van der Waals surface area contributed by atoms with E-state index in [1.807, 2.05) is 32.0 Å². The summed E-state index contributed by atoms with van der Waals surface area (Å²) in [6.45, 7) is -1.07. The van der Waals surface area contributed by atoms with E-state index in [0.29, 0.717) is 0 Å². The predicted octanol–water partition coefficient (Wildman–Crippen LogP) is 3.94. The number of para-hydroxylation sites is 1. The molecule has 0 fully saturated rings. The summed E-state index contributed by atoms with van der Waals surface area (Å²) in [4.78, 5) is 0. The molecule has 0 saturated carbocycles. The van der Waals surface area contributed by atoms with Crippen LogP contribution in [0.4, 0.5) is 12.9 Å². The van der Waals surface area contributed by atoms with E-state index in [1.54, 1.807) is 6.07 Å². The second-order valence-corrected chi connectivity index (χ2v) is 4.83. The highest BCUT2D eigenvalue weighted by atomic mass is 19.4. The molecule has 0 saturated heterocycles. The van der Waals surface area contributed by atoms with Crippen LogP contribution in [0.1, 0.15) is 16.7 Å². The summed E-state index contributed by atoms with van der Waals surface area (Å²) in [5.74, 6) is -0.110. The molecule has 2 aromatic carbocycles. The molecule has 2 rings (SSSR count). The van der Waals surface area contributed by atoms with Gasteiger partial charge >= 0.3 is 6.98 Å². The Bertz CT molecular complexity index is 608. The molecule has 0 aliphatic heterocycles. The van der Waals surface area contributed by atoms with Gasteiger partial charge in [-0.05, 0) is 31.0 Å². The van der Waals surface area contributed by atoms with Gasteiger partial charge in [0.15, 0.2) is 0 Å². The van der Waals surface area contributed by atoms with Crippen molar-refractivity contribution in [3.63, 3.8) is 0 Å². The average Bonchev–Trinajstić information content (AvgIpc) is 2.39. The van der Waals surface area contributed by atoms with Crippen LogP contribution in [-0.2, 0) is 6.61 Å². The van der Waals surface area contributed by atoms with Crippen molar-refractivity contribution in [2.24, 2.45) is 0 Å². The van der Waals surface area contributed by atoms with Crippen LogP contribution >= 0.6 is 0 Å². The molecule has 0 aliphatic rings. The topological polar surface area (TPSA) is 9.23 Å². The molecule has 0 aliphatic carbocycles. The van der Waals surface area contributed by atoms with E-state index >= 15 is 0 Å². The third kappa shape index (κ3) is 3.35. The molecule has 106 valence electrons. The van der Waals surface area contributed by atoms with Gasteiger partial charge < -0.3 is 17.7 Å². The zero-order chi connectivity index (χ0) is 14.8. The Labute approximate surface area is 116 Å². The number of halogens is 3. The molecular formula is C15H15BF3O-. The normalized spacial score (nSPS) is 11.4. The quantitative estimate of drug-likeness (QED) is 0.770. The van der Waals surface area contributed by atoms with Gasteiger partial charge in [0.2, 0.25) is 0 Å². The number of rotatable bonds is 4. The number of aryl methyl sites for hydroxylation is 2. The van der Waals surface area contributed by atoms with E-state index in [0.717, 1.165) is 22.8 Å². The fourth-order valence-corrected chi connectivity index (χ4v) is 1.99. The van der Waals surface area contributed by atoms with Crippen molar-refractivity contribution >= 4 is 12.4 Å². The Morgan fingerprint density at radius 3 is 2.40 bits per heavy atom. The highest BCUT2D eigenvalue weighted by Crippen LogP contribution is 2.19. The lowest BCUT2D eigenvalue weighted by molar-refractivity contribution is 0.306. The van der Waals surface area contributed by atoms with Crippen molar-refractivity contribution in [1.29, 1.82) is 0 Å². The second-order valence-electron chi connectivity index (χ2n) is 4.83. The van der Waals surface area contributed by atoms with Crippen molar-refractivity contribution in [3.05, 3.63) is 59.2 Å². The van der Waals surface area contributed by atoms with Crippen molar-refractivity contribution in [2.75, 3.05) is 0 Å². The molecule has 0 bridgehead atoms. The van der Waals surface area contributed by atoms with Crippen LogP contribution in [0.25, 0.3) is 0 Å². The van der Waals surface area contributed by atoms with Crippen LogP contribution in [-0.4, -0.2) is 6.98 Å². The molecule has 0 radical (unpaired) electrons. The molecule has 0 N–H and O–H groups in total. The van der Waals surface area contributed by atoms with E-state index in [2.05, 4.69) is 0 Å². The summed E-state index contributed by atoms with van der Waals surface area (Å²) in [5, 5.41) is 0. The van der Waals surface area contributed by atoms with Gasteiger partial charge in [-0.25, -0.2) is 0 Å². The smallest absolute Gasteiger partial charge is 0.492 e. The Morgan fingerprint density at radius 2 is 1.70 bits per heavy atom. The van der Waals surface area contributed by atoms with E-state index in [-0.39, 0.29) is 12.4 Å². The first-order valence-electron chi connectivity index (χ1n) is 6.36. The minimum absolute atomic E-state index is 0.110. The van der Waals surface area contributed by atoms with E-state index < -0.39 is 12.4 Å². The van der Waals surface area contributed by atoms with Crippen LogP contribution in [0.3, 0.4) is 0 Å².